The molecule has 0 radical (unpaired) electrons. The first-order valence-electron chi connectivity index (χ1n) is 9.43. The molecular formula is C21H36O3. The Labute approximate surface area is 148 Å². The molecule has 0 aromatic carbocycles. The van der Waals surface area contributed by atoms with E-state index in [4.69, 9.17) is 4.74 Å². The van der Waals surface area contributed by atoms with Crippen LogP contribution in [0, 0.1) is 17.8 Å². The van der Waals surface area contributed by atoms with Crippen molar-refractivity contribution in [1.82, 2.24) is 0 Å². The normalized spacial score (nSPS) is 28.2. The fourth-order valence-corrected chi connectivity index (χ4v) is 3.41. The number of esters is 1. The van der Waals surface area contributed by atoms with Crippen molar-refractivity contribution in [3.05, 3.63) is 23.8 Å². The van der Waals surface area contributed by atoms with Crippen molar-refractivity contribution in [3.63, 3.8) is 0 Å². The van der Waals surface area contributed by atoms with Gasteiger partial charge in [0.2, 0.25) is 0 Å². The molecule has 3 nitrogen and oxygen atoms in total. The molecule has 1 aliphatic rings. The summed E-state index contributed by atoms with van der Waals surface area (Å²) in [7, 11) is 0. The molecule has 0 heterocycles. The fraction of sp³-hybridized carbons (Fsp3) is 0.762. The number of hydrogen-bond donors (Lipinski definition) is 1. The van der Waals surface area contributed by atoms with Gasteiger partial charge in [-0.3, -0.25) is 4.79 Å². The quantitative estimate of drug-likeness (QED) is 0.523. The Kier molecular flexibility index (Phi) is 8.21. The molecule has 0 bridgehead atoms. The Hall–Kier alpha value is -1.09. The van der Waals surface area contributed by atoms with Crippen LogP contribution in [0.5, 0.6) is 0 Å². The van der Waals surface area contributed by atoms with E-state index in [-0.39, 0.29) is 18.5 Å². The lowest BCUT2D eigenvalue weighted by Gasteiger charge is -2.37. The molecule has 3 heteroatoms. The van der Waals surface area contributed by atoms with Crippen LogP contribution in [-0.2, 0) is 9.53 Å². The van der Waals surface area contributed by atoms with Crippen molar-refractivity contribution >= 4 is 5.97 Å². The lowest BCUT2D eigenvalue weighted by atomic mass is 9.75. The Bertz CT molecular complexity index is 460. The summed E-state index contributed by atoms with van der Waals surface area (Å²) in [5.41, 5.74) is -0.385. The second-order valence-corrected chi connectivity index (χ2v) is 7.99. The van der Waals surface area contributed by atoms with Crippen molar-refractivity contribution in [2.75, 3.05) is 0 Å². The third kappa shape index (κ3) is 6.43. The Balaban J connectivity index is 2.68. The molecule has 0 amide bonds. The standard InChI is InChI=1S/C21H36O3/c1-7-8-9-10-17(5)21(6,23)14-20(22)24-19-13-16(4)11-12-18(19)15(2)3/h8-10,15-16,18-19,23H,7,11-14H2,1-6H3/b9-8-,17-10+/t16-,18+,19-,21?/m1/s1. The number of carbonyl (C=O) groups is 1. The van der Waals surface area contributed by atoms with E-state index in [1.165, 1.54) is 6.42 Å². The molecule has 0 aromatic heterocycles. The highest BCUT2D eigenvalue weighted by molar-refractivity contribution is 5.71. The Morgan fingerprint density at radius 2 is 2.04 bits per heavy atom. The van der Waals surface area contributed by atoms with Gasteiger partial charge >= 0.3 is 5.97 Å². The molecule has 1 N–H and O–H groups in total. The molecule has 1 aliphatic carbocycles. The van der Waals surface area contributed by atoms with E-state index >= 15 is 0 Å². The first-order chi connectivity index (χ1) is 11.2. The van der Waals surface area contributed by atoms with Gasteiger partial charge in [0.05, 0.1) is 12.0 Å². The van der Waals surface area contributed by atoms with E-state index in [9.17, 15) is 9.90 Å². The summed E-state index contributed by atoms with van der Waals surface area (Å²) in [5, 5.41) is 10.6. The van der Waals surface area contributed by atoms with Crippen LogP contribution in [0.1, 0.15) is 73.6 Å². The molecule has 24 heavy (non-hydrogen) atoms. The summed E-state index contributed by atoms with van der Waals surface area (Å²) in [6.07, 6.45) is 10.0. The molecule has 1 saturated carbocycles. The second-order valence-electron chi connectivity index (χ2n) is 7.99. The number of rotatable bonds is 7. The van der Waals surface area contributed by atoms with Gasteiger partial charge < -0.3 is 9.84 Å². The minimum atomic E-state index is -1.16. The molecule has 1 unspecified atom stereocenters. The summed E-state index contributed by atoms with van der Waals surface area (Å²) in [4.78, 5) is 12.4. The zero-order chi connectivity index (χ0) is 18.3. The minimum absolute atomic E-state index is 0.00495. The van der Waals surface area contributed by atoms with E-state index in [2.05, 4.69) is 27.7 Å². The first kappa shape index (κ1) is 21.0. The van der Waals surface area contributed by atoms with Gasteiger partial charge in [0, 0.05) is 0 Å². The molecule has 138 valence electrons. The maximum Gasteiger partial charge on any atom is 0.309 e. The highest BCUT2D eigenvalue weighted by Crippen LogP contribution is 2.36. The van der Waals surface area contributed by atoms with E-state index in [1.54, 1.807) is 6.92 Å². The molecule has 1 rings (SSSR count). The molecule has 0 aromatic rings. The van der Waals surface area contributed by atoms with Crippen molar-refractivity contribution < 1.29 is 14.6 Å². The average Bonchev–Trinajstić information content (AvgIpc) is 2.46. The second kappa shape index (κ2) is 9.41. The lowest BCUT2D eigenvalue weighted by molar-refractivity contribution is -0.159. The summed E-state index contributed by atoms with van der Waals surface area (Å²) >= 11 is 0. The van der Waals surface area contributed by atoms with E-state index in [1.807, 2.05) is 25.2 Å². The summed E-state index contributed by atoms with van der Waals surface area (Å²) < 4.78 is 5.80. The molecular weight excluding hydrogens is 300 g/mol. The number of aliphatic hydroxyl groups is 1. The van der Waals surface area contributed by atoms with Gasteiger partial charge in [-0.2, -0.15) is 0 Å². The maximum atomic E-state index is 12.4. The van der Waals surface area contributed by atoms with E-state index in [0.717, 1.165) is 24.8 Å². The third-order valence-corrected chi connectivity index (χ3v) is 5.30. The molecule has 0 aliphatic heterocycles. The number of allylic oxidation sites excluding steroid dienone is 3. The fourth-order valence-electron chi connectivity index (χ4n) is 3.41. The zero-order valence-corrected chi connectivity index (χ0v) is 16.3. The van der Waals surface area contributed by atoms with E-state index in [0.29, 0.717) is 17.8 Å². The van der Waals surface area contributed by atoms with E-state index < -0.39 is 5.60 Å². The lowest BCUT2D eigenvalue weighted by Crippen LogP contribution is -2.38. The minimum Gasteiger partial charge on any atom is -0.462 e. The summed E-state index contributed by atoms with van der Waals surface area (Å²) in [6, 6.07) is 0. The predicted octanol–water partition coefficient (Wildman–Crippen LogP) is 5.04. The molecule has 0 saturated heterocycles. The predicted molar refractivity (Wildman–Crippen MR) is 99.7 cm³/mol. The Morgan fingerprint density at radius 3 is 2.62 bits per heavy atom. The van der Waals surface area contributed by atoms with Crippen LogP contribution < -0.4 is 0 Å². The van der Waals surface area contributed by atoms with Crippen LogP contribution in [0.15, 0.2) is 23.8 Å². The van der Waals surface area contributed by atoms with Gasteiger partial charge in [0.15, 0.2) is 0 Å². The van der Waals surface area contributed by atoms with Crippen LogP contribution in [0.4, 0.5) is 0 Å². The third-order valence-electron chi connectivity index (χ3n) is 5.30. The van der Waals surface area contributed by atoms with Crippen molar-refractivity contribution in [2.24, 2.45) is 17.8 Å². The Morgan fingerprint density at radius 1 is 1.38 bits per heavy atom. The SMILES string of the molecule is CC/C=C\C=C(/C)C(C)(O)CC(=O)O[C@@H]1C[C@H](C)CC[C@H]1C(C)C. The number of hydrogen-bond acceptors (Lipinski definition) is 3. The van der Waals surface area contributed by atoms with Gasteiger partial charge in [-0.1, -0.05) is 52.3 Å². The monoisotopic (exact) mass is 336 g/mol. The van der Waals surface area contributed by atoms with Crippen molar-refractivity contribution in [2.45, 2.75) is 85.4 Å². The average molecular weight is 337 g/mol. The summed E-state index contributed by atoms with van der Waals surface area (Å²) in [5.74, 6) is 1.24. The zero-order valence-electron chi connectivity index (χ0n) is 16.3. The van der Waals surface area contributed by atoms with Crippen LogP contribution in [0.3, 0.4) is 0 Å². The van der Waals surface area contributed by atoms with Crippen molar-refractivity contribution in [3.8, 4) is 0 Å². The largest absolute Gasteiger partial charge is 0.462 e. The number of ether oxygens (including phenoxy) is 1. The topological polar surface area (TPSA) is 46.5 Å². The highest BCUT2D eigenvalue weighted by atomic mass is 16.5. The van der Waals surface area contributed by atoms with Crippen LogP contribution in [0.2, 0.25) is 0 Å². The molecule has 0 spiro atoms. The maximum absolute atomic E-state index is 12.4. The number of carbonyl (C=O) groups excluding carboxylic acids is 1. The molecule has 1 fully saturated rings. The summed E-state index contributed by atoms with van der Waals surface area (Å²) in [6.45, 7) is 12.2. The van der Waals surface area contributed by atoms with Crippen LogP contribution in [-0.4, -0.2) is 22.8 Å². The molecule has 4 atom stereocenters. The van der Waals surface area contributed by atoms with Gasteiger partial charge in [-0.25, -0.2) is 0 Å². The van der Waals surface area contributed by atoms with Gasteiger partial charge in [-0.05, 0) is 56.4 Å². The van der Waals surface area contributed by atoms with Gasteiger partial charge in [-0.15, -0.1) is 0 Å². The highest BCUT2D eigenvalue weighted by Gasteiger charge is 2.35. The first-order valence-corrected chi connectivity index (χ1v) is 9.43. The smallest absolute Gasteiger partial charge is 0.309 e. The van der Waals surface area contributed by atoms with Crippen molar-refractivity contribution in [1.29, 1.82) is 0 Å². The van der Waals surface area contributed by atoms with Crippen LogP contribution >= 0.6 is 0 Å². The van der Waals surface area contributed by atoms with Gasteiger partial charge in [0.25, 0.3) is 0 Å². The van der Waals surface area contributed by atoms with Gasteiger partial charge in [0.1, 0.15) is 6.10 Å². The van der Waals surface area contributed by atoms with Crippen LogP contribution in [0.25, 0.3) is 0 Å².